The largest absolute Gasteiger partial charge is 0.399 e. The van der Waals surface area contributed by atoms with Crippen molar-refractivity contribution < 1.29 is 0 Å². The molecule has 0 fully saturated rings. The first kappa shape index (κ1) is 10.4. The Bertz CT molecular complexity index is 544. The topological polar surface area (TPSA) is 47.1 Å². The fraction of sp³-hybridized carbons (Fsp3) is 0.308. The Morgan fingerprint density at radius 2 is 2.12 bits per heavy atom. The van der Waals surface area contributed by atoms with Crippen LogP contribution in [0.5, 0.6) is 0 Å². The van der Waals surface area contributed by atoms with E-state index in [4.69, 9.17) is 5.73 Å². The van der Waals surface area contributed by atoms with Gasteiger partial charge in [-0.05, 0) is 23.3 Å². The predicted molar refractivity (Wildman–Crippen MR) is 67.0 cm³/mol. The van der Waals surface area contributed by atoms with E-state index in [1.165, 1.54) is 11.1 Å². The number of aryl methyl sites for hydroxylation is 1. The average molecular weight is 228 g/mol. The maximum absolute atomic E-state index is 5.80. The lowest BCUT2D eigenvalue weighted by atomic mass is 10.1. The van der Waals surface area contributed by atoms with Crippen LogP contribution >= 0.6 is 0 Å². The Balaban J connectivity index is 1.76. The van der Waals surface area contributed by atoms with Gasteiger partial charge in [-0.3, -0.25) is 4.90 Å². The van der Waals surface area contributed by atoms with Crippen LogP contribution in [0.25, 0.3) is 0 Å². The van der Waals surface area contributed by atoms with Gasteiger partial charge in [0.25, 0.3) is 0 Å². The molecular formula is C13H16N4. The molecule has 2 aromatic rings. The highest BCUT2D eigenvalue weighted by Gasteiger charge is 2.19. The van der Waals surface area contributed by atoms with Crippen LogP contribution in [0.1, 0.15) is 17.0 Å². The molecule has 2 N–H and O–H groups in total. The van der Waals surface area contributed by atoms with Crippen LogP contribution in [-0.2, 0) is 26.7 Å². The number of rotatable bonds is 2. The van der Waals surface area contributed by atoms with Crippen molar-refractivity contribution >= 4 is 5.69 Å². The quantitative estimate of drug-likeness (QED) is 0.793. The number of fused-ring (bicyclic) bond motifs is 1. The smallest absolute Gasteiger partial charge is 0.122 e. The molecule has 0 unspecified atom stereocenters. The molecule has 17 heavy (non-hydrogen) atoms. The van der Waals surface area contributed by atoms with E-state index >= 15 is 0 Å². The van der Waals surface area contributed by atoms with Crippen LogP contribution in [0, 0.1) is 0 Å². The summed E-state index contributed by atoms with van der Waals surface area (Å²) in [6.45, 7) is 2.84. The Kier molecular flexibility index (Phi) is 2.37. The van der Waals surface area contributed by atoms with Crippen LogP contribution in [0.15, 0.2) is 30.6 Å². The number of hydrogen-bond donors (Lipinski definition) is 1. The summed E-state index contributed by atoms with van der Waals surface area (Å²) in [6, 6.07) is 6.18. The number of nitrogens with two attached hydrogens (primary N) is 1. The van der Waals surface area contributed by atoms with E-state index < -0.39 is 0 Å². The molecule has 0 amide bonds. The fourth-order valence-electron chi connectivity index (χ4n) is 2.35. The minimum atomic E-state index is 0.850. The van der Waals surface area contributed by atoms with E-state index in [0.29, 0.717) is 0 Å². The lowest BCUT2D eigenvalue weighted by molar-refractivity contribution is 0.265. The van der Waals surface area contributed by atoms with Gasteiger partial charge in [0, 0.05) is 38.2 Å². The Morgan fingerprint density at radius 3 is 2.88 bits per heavy atom. The second-order valence-corrected chi connectivity index (χ2v) is 4.63. The summed E-state index contributed by atoms with van der Waals surface area (Å²) in [5, 5.41) is 0. The van der Waals surface area contributed by atoms with Crippen LogP contribution in [0.2, 0.25) is 0 Å². The van der Waals surface area contributed by atoms with Gasteiger partial charge in [-0.15, -0.1) is 0 Å². The molecule has 2 heterocycles. The molecule has 4 heteroatoms. The SMILES string of the molecule is Cn1ccnc1CN1Cc2ccc(N)cc2C1. The number of imidazole rings is 1. The number of benzene rings is 1. The van der Waals surface area contributed by atoms with Gasteiger partial charge in [-0.2, -0.15) is 0 Å². The van der Waals surface area contributed by atoms with E-state index in [9.17, 15) is 0 Å². The predicted octanol–water partition coefficient (Wildman–Crippen LogP) is 1.52. The van der Waals surface area contributed by atoms with Crippen molar-refractivity contribution in [1.82, 2.24) is 14.5 Å². The van der Waals surface area contributed by atoms with Crippen molar-refractivity contribution in [3.05, 3.63) is 47.5 Å². The van der Waals surface area contributed by atoms with Crippen LogP contribution in [0.4, 0.5) is 5.69 Å². The lowest BCUT2D eigenvalue weighted by Crippen LogP contribution is -2.18. The molecule has 88 valence electrons. The monoisotopic (exact) mass is 228 g/mol. The van der Waals surface area contributed by atoms with Gasteiger partial charge >= 0.3 is 0 Å². The third-order valence-electron chi connectivity index (χ3n) is 3.30. The molecule has 4 nitrogen and oxygen atoms in total. The summed E-state index contributed by atoms with van der Waals surface area (Å²) in [5.41, 5.74) is 9.38. The summed E-state index contributed by atoms with van der Waals surface area (Å²) in [4.78, 5) is 6.74. The maximum atomic E-state index is 5.80. The summed E-state index contributed by atoms with van der Waals surface area (Å²) in [7, 11) is 2.03. The molecule has 0 radical (unpaired) electrons. The highest BCUT2D eigenvalue weighted by Crippen LogP contribution is 2.25. The van der Waals surface area contributed by atoms with Crippen molar-refractivity contribution in [1.29, 1.82) is 0 Å². The molecule has 1 aliphatic rings. The van der Waals surface area contributed by atoms with Gasteiger partial charge in [0.15, 0.2) is 0 Å². The summed E-state index contributed by atoms with van der Waals surface area (Å²) in [5.74, 6) is 1.10. The molecule has 1 aliphatic heterocycles. The van der Waals surface area contributed by atoms with Crippen LogP contribution in [-0.4, -0.2) is 14.5 Å². The third kappa shape index (κ3) is 1.91. The summed E-state index contributed by atoms with van der Waals surface area (Å²) >= 11 is 0. The van der Waals surface area contributed by atoms with Crippen LogP contribution in [0.3, 0.4) is 0 Å². The molecule has 0 atom stereocenters. The van der Waals surface area contributed by atoms with Crippen molar-refractivity contribution in [2.75, 3.05) is 5.73 Å². The van der Waals surface area contributed by atoms with Gasteiger partial charge in [-0.25, -0.2) is 4.98 Å². The van der Waals surface area contributed by atoms with Crippen molar-refractivity contribution in [2.45, 2.75) is 19.6 Å². The van der Waals surface area contributed by atoms with Gasteiger partial charge < -0.3 is 10.3 Å². The number of nitrogen functional groups attached to an aromatic ring is 1. The number of nitrogens with zero attached hydrogens (tertiary/aromatic N) is 3. The van der Waals surface area contributed by atoms with E-state index in [1.807, 2.05) is 25.5 Å². The van der Waals surface area contributed by atoms with Gasteiger partial charge in [0.1, 0.15) is 5.82 Å². The molecule has 1 aromatic heterocycles. The summed E-state index contributed by atoms with van der Waals surface area (Å²) < 4.78 is 2.07. The Labute approximate surface area is 101 Å². The zero-order chi connectivity index (χ0) is 11.8. The zero-order valence-electron chi connectivity index (χ0n) is 9.93. The highest BCUT2D eigenvalue weighted by atomic mass is 15.2. The number of aromatic nitrogens is 2. The molecule has 3 rings (SSSR count). The lowest BCUT2D eigenvalue weighted by Gasteiger charge is -2.13. The third-order valence-corrected chi connectivity index (χ3v) is 3.30. The summed E-state index contributed by atoms with van der Waals surface area (Å²) in [6.07, 6.45) is 3.83. The first-order valence-corrected chi connectivity index (χ1v) is 5.78. The molecular weight excluding hydrogens is 212 g/mol. The molecule has 0 bridgehead atoms. The second kappa shape index (κ2) is 3.89. The minimum Gasteiger partial charge on any atom is -0.399 e. The van der Waals surface area contributed by atoms with E-state index in [1.54, 1.807) is 0 Å². The van der Waals surface area contributed by atoms with Gasteiger partial charge in [0.05, 0.1) is 6.54 Å². The molecule has 0 spiro atoms. The molecule has 0 aliphatic carbocycles. The fourth-order valence-corrected chi connectivity index (χ4v) is 2.35. The van der Waals surface area contributed by atoms with Gasteiger partial charge in [0.2, 0.25) is 0 Å². The Morgan fingerprint density at radius 1 is 1.29 bits per heavy atom. The van der Waals surface area contributed by atoms with Crippen LogP contribution < -0.4 is 5.73 Å². The first-order chi connectivity index (χ1) is 8.22. The van der Waals surface area contributed by atoms with E-state index in [2.05, 4.69) is 26.6 Å². The molecule has 1 aromatic carbocycles. The van der Waals surface area contributed by atoms with Gasteiger partial charge in [-0.1, -0.05) is 6.07 Å². The maximum Gasteiger partial charge on any atom is 0.122 e. The Hall–Kier alpha value is -1.81. The average Bonchev–Trinajstić information content (AvgIpc) is 2.85. The highest BCUT2D eigenvalue weighted by molar-refractivity contribution is 5.46. The van der Waals surface area contributed by atoms with Crippen molar-refractivity contribution in [3.63, 3.8) is 0 Å². The van der Waals surface area contributed by atoms with Crippen molar-refractivity contribution in [2.24, 2.45) is 7.05 Å². The first-order valence-electron chi connectivity index (χ1n) is 5.78. The normalized spacial score (nSPS) is 15.1. The molecule has 0 saturated carbocycles. The van der Waals surface area contributed by atoms with Crippen molar-refractivity contribution in [3.8, 4) is 0 Å². The second-order valence-electron chi connectivity index (χ2n) is 4.63. The van der Waals surface area contributed by atoms with E-state index in [0.717, 1.165) is 31.1 Å². The number of anilines is 1. The number of hydrogen-bond acceptors (Lipinski definition) is 3. The zero-order valence-corrected chi connectivity index (χ0v) is 9.93. The van der Waals surface area contributed by atoms with E-state index in [-0.39, 0.29) is 0 Å². The standard InChI is InChI=1S/C13H16N4/c1-16-5-4-15-13(16)9-17-7-10-2-3-12(14)6-11(10)8-17/h2-6H,7-9,14H2,1H3. The minimum absolute atomic E-state index is 0.850. The molecule has 0 saturated heterocycles.